The molecule has 0 atom stereocenters. The van der Waals surface area contributed by atoms with Crippen molar-refractivity contribution < 1.29 is 4.74 Å². The van der Waals surface area contributed by atoms with Crippen LogP contribution >= 0.6 is 0 Å². The lowest BCUT2D eigenvalue weighted by Crippen LogP contribution is -2.43. The van der Waals surface area contributed by atoms with Crippen LogP contribution in [0.25, 0.3) is 0 Å². The number of rotatable bonds is 4. The molecule has 2 nitrogen and oxygen atoms in total. The van der Waals surface area contributed by atoms with Crippen LogP contribution in [0.15, 0.2) is 0 Å². The minimum absolute atomic E-state index is 0.588. The summed E-state index contributed by atoms with van der Waals surface area (Å²) in [7, 11) is 0. The van der Waals surface area contributed by atoms with Crippen LogP contribution in [-0.2, 0) is 4.74 Å². The number of ether oxygens (including phenoxy) is 1. The largest absolute Gasteiger partial charge is 0.378 e. The molecule has 0 aromatic rings. The molecular formula is C16H29NO. The van der Waals surface area contributed by atoms with Crippen LogP contribution in [0.1, 0.15) is 58.3 Å². The van der Waals surface area contributed by atoms with E-state index in [0.717, 1.165) is 24.5 Å². The predicted octanol–water partition coefficient (Wildman–Crippen LogP) is 3.46. The van der Waals surface area contributed by atoms with E-state index in [-0.39, 0.29) is 0 Å². The van der Waals surface area contributed by atoms with E-state index in [1.165, 1.54) is 64.5 Å². The van der Waals surface area contributed by atoms with Crippen molar-refractivity contribution in [2.45, 2.75) is 70.4 Å². The Labute approximate surface area is 112 Å². The van der Waals surface area contributed by atoms with Crippen molar-refractivity contribution in [3.8, 4) is 0 Å². The van der Waals surface area contributed by atoms with Crippen molar-refractivity contribution in [1.29, 1.82) is 0 Å². The van der Waals surface area contributed by atoms with Crippen LogP contribution in [-0.4, -0.2) is 36.7 Å². The zero-order valence-corrected chi connectivity index (χ0v) is 11.9. The summed E-state index contributed by atoms with van der Waals surface area (Å²) in [5.41, 5.74) is 0. The van der Waals surface area contributed by atoms with Crippen molar-refractivity contribution in [2.75, 3.05) is 19.7 Å². The lowest BCUT2D eigenvalue weighted by atomic mass is 9.89. The molecule has 3 aliphatic rings. The Kier molecular flexibility index (Phi) is 4.25. The van der Waals surface area contributed by atoms with Crippen LogP contribution in [0, 0.1) is 11.8 Å². The van der Waals surface area contributed by atoms with Crippen molar-refractivity contribution >= 4 is 0 Å². The van der Waals surface area contributed by atoms with Gasteiger partial charge in [-0.05, 0) is 76.3 Å². The van der Waals surface area contributed by atoms with Gasteiger partial charge >= 0.3 is 0 Å². The van der Waals surface area contributed by atoms with Crippen molar-refractivity contribution in [3.63, 3.8) is 0 Å². The molecule has 0 radical (unpaired) electrons. The number of piperidine rings is 1. The fourth-order valence-electron chi connectivity index (χ4n) is 3.53. The molecule has 18 heavy (non-hydrogen) atoms. The summed E-state index contributed by atoms with van der Waals surface area (Å²) in [6.07, 6.45) is 11.6. The highest BCUT2D eigenvalue weighted by Gasteiger charge is 2.29. The Morgan fingerprint density at radius 2 is 1.56 bits per heavy atom. The fourth-order valence-corrected chi connectivity index (χ4v) is 3.53. The van der Waals surface area contributed by atoms with Gasteiger partial charge in [0.2, 0.25) is 0 Å². The molecule has 0 spiro atoms. The Morgan fingerprint density at radius 1 is 0.889 bits per heavy atom. The molecule has 0 aromatic heterocycles. The molecule has 104 valence electrons. The molecule has 3 rings (SSSR count). The molecule has 1 saturated heterocycles. The third-order valence-corrected chi connectivity index (χ3v) is 5.24. The quantitative estimate of drug-likeness (QED) is 0.759. The molecule has 2 saturated carbocycles. The van der Waals surface area contributed by atoms with E-state index >= 15 is 0 Å². The normalized spacial score (nSPS) is 35.8. The second-order valence-electron chi connectivity index (χ2n) is 6.93. The molecule has 3 fully saturated rings. The average Bonchev–Trinajstić information content (AvgIpc) is 3.22. The summed E-state index contributed by atoms with van der Waals surface area (Å²) in [6.45, 7) is 6.15. The molecule has 1 heterocycles. The van der Waals surface area contributed by atoms with Crippen molar-refractivity contribution in [1.82, 2.24) is 4.90 Å². The van der Waals surface area contributed by atoms with Gasteiger partial charge < -0.3 is 9.64 Å². The Hall–Kier alpha value is -0.0800. The minimum Gasteiger partial charge on any atom is -0.378 e. The van der Waals surface area contributed by atoms with Crippen LogP contribution in [0.4, 0.5) is 0 Å². The summed E-state index contributed by atoms with van der Waals surface area (Å²) in [6, 6.07) is 0.873. The molecule has 1 aliphatic heterocycles. The van der Waals surface area contributed by atoms with Gasteiger partial charge in [-0.3, -0.25) is 0 Å². The molecule has 0 bridgehead atoms. The topological polar surface area (TPSA) is 12.5 Å². The molecular weight excluding hydrogens is 222 g/mol. The van der Waals surface area contributed by atoms with Gasteiger partial charge in [-0.1, -0.05) is 6.92 Å². The maximum atomic E-state index is 6.04. The summed E-state index contributed by atoms with van der Waals surface area (Å²) < 4.78 is 6.04. The highest BCUT2D eigenvalue weighted by molar-refractivity contribution is 4.83. The summed E-state index contributed by atoms with van der Waals surface area (Å²) in [4.78, 5) is 2.76. The van der Waals surface area contributed by atoms with E-state index < -0.39 is 0 Å². The van der Waals surface area contributed by atoms with Gasteiger partial charge in [0.1, 0.15) is 0 Å². The van der Waals surface area contributed by atoms with E-state index in [2.05, 4.69) is 11.8 Å². The number of hydrogen-bond acceptors (Lipinski definition) is 2. The van der Waals surface area contributed by atoms with E-state index in [9.17, 15) is 0 Å². The fraction of sp³-hybridized carbons (Fsp3) is 1.00. The lowest BCUT2D eigenvalue weighted by molar-refractivity contribution is -0.00213. The molecule has 2 aliphatic carbocycles. The van der Waals surface area contributed by atoms with E-state index in [1.54, 1.807) is 0 Å². The maximum Gasteiger partial charge on any atom is 0.0576 e. The minimum atomic E-state index is 0.588. The van der Waals surface area contributed by atoms with E-state index in [4.69, 9.17) is 4.74 Å². The van der Waals surface area contributed by atoms with Crippen LogP contribution < -0.4 is 0 Å². The highest BCUT2D eigenvalue weighted by atomic mass is 16.5. The third-order valence-electron chi connectivity index (χ3n) is 5.24. The van der Waals surface area contributed by atoms with Crippen molar-refractivity contribution in [3.05, 3.63) is 0 Å². The monoisotopic (exact) mass is 251 g/mol. The van der Waals surface area contributed by atoms with E-state index in [1.807, 2.05) is 0 Å². The van der Waals surface area contributed by atoms with Crippen molar-refractivity contribution in [2.24, 2.45) is 11.8 Å². The molecule has 2 heteroatoms. The first-order chi connectivity index (χ1) is 8.81. The van der Waals surface area contributed by atoms with Gasteiger partial charge in [-0.2, -0.15) is 0 Å². The number of nitrogens with zero attached hydrogens (tertiary/aromatic N) is 1. The standard InChI is InChI=1S/C16H29NO/c1-13-8-10-17(11-9-13)15-4-6-16(7-5-15)18-12-14-2-3-14/h13-16H,2-12H2,1H3. The van der Waals surface area contributed by atoms with Crippen LogP contribution in [0.3, 0.4) is 0 Å². The molecule has 0 unspecified atom stereocenters. The SMILES string of the molecule is CC1CCN(C2CCC(OCC3CC3)CC2)CC1. The third kappa shape index (κ3) is 3.48. The zero-order chi connectivity index (χ0) is 12.4. The summed E-state index contributed by atoms with van der Waals surface area (Å²) >= 11 is 0. The van der Waals surface area contributed by atoms with Gasteiger partial charge in [-0.25, -0.2) is 0 Å². The van der Waals surface area contributed by atoms with E-state index in [0.29, 0.717) is 6.10 Å². The van der Waals surface area contributed by atoms with Gasteiger partial charge in [0.05, 0.1) is 6.10 Å². The predicted molar refractivity (Wildman–Crippen MR) is 74.7 cm³/mol. The maximum absolute atomic E-state index is 6.04. The second kappa shape index (κ2) is 5.92. The molecule has 0 N–H and O–H groups in total. The molecule has 0 amide bonds. The summed E-state index contributed by atoms with van der Waals surface area (Å²) in [5.74, 6) is 1.88. The second-order valence-corrected chi connectivity index (χ2v) is 6.93. The van der Waals surface area contributed by atoms with Gasteiger partial charge in [0, 0.05) is 12.6 Å². The Bertz CT molecular complexity index is 248. The van der Waals surface area contributed by atoms with Gasteiger partial charge in [0.15, 0.2) is 0 Å². The van der Waals surface area contributed by atoms with Gasteiger partial charge in [0.25, 0.3) is 0 Å². The van der Waals surface area contributed by atoms with Gasteiger partial charge in [-0.15, -0.1) is 0 Å². The summed E-state index contributed by atoms with van der Waals surface area (Å²) in [5, 5.41) is 0. The first-order valence-corrected chi connectivity index (χ1v) is 8.17. The molecule has 0 aromatic carbocycles. The lowest BCUT2D eigenvalue weighted by Gasteiger charge is -2.40. The highest BCUT2D eigenvalue weighted by Crippen LogP contribution is 2.32. The number of likely N-dealkylation sites (tertiary alicyclic amines) is 1. The van der Waals surface area contributed by atoms with Crippen LogP contribution in [0.5, 0.6) is 0 Å². The number of hydrogen-bond donors (Lipinski definition) is 0. The Balaban J connectivity index is 1.36. The average molecular weight is 251 g/mol. The Morgan fingerprint density at radius 3 is 2.17 bits per heavy atom. The smallest absolute Gasteiger partial charge is 0.0576 e. The first-order valence-electron chi connectivity index (χ1n) is 8.17. The zero-order valence-electron chi connectivity index (χ0n) is 11.9. The van der Waals surface area contributed by atoms with Crippen LogP contribution in [0.2, 0.25) is 0 Å². The first kappa shape index (κ1) is 12.9.